The lowest BCUT2D eigenvalue weighted by Gasteiger charge is -2.26. The molecule has 0 amide bonds. The quantitative estimate of drug-likeness (QED) is 0.169. The standard InChI is InChI=1S/C48H30S2/c1-2-13-37-35(11-1)36-12-3-4-14-38(36)44-28-29(23-24-39(37)44)30-25-31(33-17-9-19-42-40-15-5-7-21-45(40)49-47(33)42)27-32(26-30)34-18-10-20-43-41-16-6-8-22-46(41)50-48(34)43/h1-28,33,47H. The first-order chi connectivity index (χ1) is 24.8. The molecule has 0 saturated carbocycles. The van der Waals surface area contributed by atoms with E-state index in [0.29, 0.717) is 5.25 Å². The summed E-state index contributed by atoms with van der Waals surface area (Å²) >= 11 is 3.93. The van der Waals surface area contributed by atoms with Crippen molar-refractivity contribution in [2.75, 3.05) is 0 Å². The molecule has 1 aromatic heterocycles. The van der Waals surface area contributed by atoms with Gasteiger partial charge >= 0.3 is 0 Å². The number of thiophene rings is 1. The Balaban J connectivity index is 1.15. The van der Waals surface area contributed by atoms with E-state index in [4.69, 9.17) is 0 Å². The molecule has 1 aliphatic carbocycles. The summed E-state index contributed by atoms with van der Waals surface area (Å²) < 4.78 is 2.69. The van der Waals surface area contributed by atoms with E-state index in [1.165, 1.54) is 96.3 Å². The zero-order valence-corrected chi connectivity index (χ0v) is 28.8. The van der Waals surface area contributed by atoms with Gasteiger partial charge in [0.15, 0.2) is 0 Å². The molecule has 2 heteroatoms. The van der Waals surface area contributed by atoms with Gasteiger partial charge in [0, 0.05) is 36.2 Å². The molecule has 0 spiro atoms. The number of allylic oxidation sites excluding steroid dienone is 3. The Labute approximate surface area is 299 Å². The van der Waals surface area contributed by atoms with Gasteiger partial charge in [0.2, 0.25) is 0 Å². The molecule has 8 aromatic carbocycles. The fourth-order valence-electron chi connectivity index (χ4n) is 8.51. The van der Waals surface area contributed by atoms with Crippen molar-refractivity contribution >= 4 is 81.2 Å². The molecule has 2 heterocycles. The Morgan fingerprint density at radius 3 is 1.90 bits per heavy atom. The molecule has 2 atom stereocenters. The molecule has 0 saturated heterocycles. The normalized spacial score (nSPS) is 16.8. The van der Waals surface area contributed by atoms with Crippen LogP contribution in [0.3, 0.4) is 0 Å². The van der Waals surface area contributed by atoms with Crippen LogP contribution in [0.5, 0.6) is 0 Å². The monoisotopic (exact) mass is 670 g/mol. The van der Waals surface area contributed by atoms with E-state index in [1.807, 2.05) is 23.1 Å². The minimum Gasteiger partial charge on any atom is -0.135 e. The SMILES string of the molecule is C1=CC(c2cc(-c3ccc4c5ccccc5c5ccccc5c4c3)cc(-c3cccc4c3sc3ccccc34)c2)C2Sc3ccccc3C2=C1. The van der Waals surface area contributed by atoms with Crippen LogP contribution >= 0.6 is 23.1 Å². The van der Waals surface area contributed by atoms with Crippen molar-refractivity contribution in [2.24, 2.45) is 0 Å². The first-order valence-corrected chi connectivity index (χ1v) is 19.0. The maximum Gasteiger partial charge on any atom is 0.0454 e. The largest absolute Gasteiger partial charge is 0.135 e. The van der Waals surface area contributed by atoms with Crippen molar-refractivity contribution in [3.05, 3.63) is 181 Å². The van der Waals surface area contributed by atoms with Crippen LogP contribution in [0.4, 0.5) is 0 Å². The highest BCUT2D eigenvalue weighted by atomic mass is 32.2. The van der Waals surface area contributed by atoms with E-state index in [2.05, 4.69) is 170 Å². The van der Waals surface area contributed by atoms with E-state index >= 15 is 0 Å². The van der Waals surface area contributed by atoms with E-state index < -0.39 is 0 Å². The Hall–Kier alpha value is -5.41. The van der Waals surface area contributed by atoms with Crippen LogP contribution in [-0.4, -0.2) is 5.25 Å². The number of fused-ring (bicyclic) bond motifs is 12. The average molecular weight is 671 g/mol. The van der Waals surface area contributed by atoms with Gasteiger partial charge in [0.1, 0.15) is 0 Å². The highest BCUT2D eigenvalue weighted by molar-refractivity contribution is 8.01. The minimum atomic E-state index is 0.262. The summed E-state index contributed by atoms with van der Waals surface area (Å²) in [6.45, 7) is 0. The molecule has 50 heavy (non-hydrogen) atoms. The van der Waals surface area contributed by atoms with Gasteiger partial charge in [0.25, 0.3) is 0 Å². The molecular weight excluding hydrogens is 641 g/mol. The van der Waals surface area contributed by atoms with Crippen LogP contribution in [0.25, 0.3) is 80.3 Å². The lowest BCUT2D eigenvalue weighted by molar-refractivity contribution is 0.892. The van der Waals surface area contributed by atoms with Crippen molar-refractivity contribution in [3.8, 4) is 22.3 Å². The molecule has 0 nitrogen and oxygen atoms in total. The van der Waals surface area contributed by atoms with Crippen LogP contribution < -0.4 is 0 Å². The Bertz CT molecular complexity index is 2890. The molecule has 0 bridgehead atoms. The number of benzene rings is 8. The van der Waals surface area contributed by atoms with Crippen molar-refractivity contribution in [1.82, 2.24) is 0 Å². The Morgan fingerprint density at radius 2 is 1.08 bits per heavy atom. The second kappa shape index (κ2) is 11.1. The summed E-state index contributed by atoms with van der Waals surface area (Å²) in [5.41, 5.74) is 9.30. The summed E-state index contributed by atoms with van der Waals surface area (Å²) in [6, 6.07) is 56.8. The summed E-state index contributed by atoms with van der Waals surface area (Å²) in [5.74, 6) is 0.262. The molecule has 0 fully saturated rings. The third-order valence-electron chi connectivity index (χ3n) is 10.8. The highest BCUT2D eigenvalue weighted by Gasteiger charge is 2.35. The van der Waals surface area contributed by atoms with Gasteiger partial charge in [-0.05, 0) is 95.5 Å². The lowest BCUT2D eigenvalue weighted by atomic mass is 9.82. The summed E-state index contributed by atoms with van der Waals surface area (Å²) in [6.07, 6.45) is 7.04. The van der Waals surface area contributed by atoms with Crippen molar-refractivity contribution in [1.29, 1.82) is 0 Å². The zero-order valence-electron chi connectivity index (χ0n) is 27.1. The molecule has 1 aliphatic heterocycles. The molecule has 9 aromatic rings. The predicted octanol–water partition coefficient (Wildman–Crippen LogP) is 14.1. The molecule has 2 aliphatic rings. The second-order valence-corrected chi connectivity index (χ2v) is 15.8. The minimum absolute atomic E-state index is 0.262. The third-order valence-corrected chi connectivity index (χ3v) is 13.4. The van der Waals surface area contributed by atoms with Crippen LogP contribution in [-0.2, 0) is 0 Å². The third kappa shape index (κ3) is 4.25. The fourth-order valence-corrected chi connectivity index (χ4v) is 11.2. The molecule has 0 radical (unpaired) electrons. The highest BCUT2D eigenvalue weighted by Crippen LogP contribution is 2.53. The number of hydrogen-bond donors (Lipinski definition) is 0. The van der Waals surface area contributed by atoms with Gasteiger partial charge in [-0.15, -0.1) is 23.1 Å². The van der Waals surface area contributed by atoms with E-state index in [9.17, 15) is 0 Å². The van der Waals surface area contributed by atoms with Crippen LogP contribution in [0.1, 0.15) is 17.0 Å². The first kappa shape index (κ1) is 28.4. The molecule has 2 unspecified atom stereocenters. The smallest absolute Gasteiger partial charge is 0.0454 e. The fraction of sp³-hybridized carbons (Fsp3) is 0.0417. The number of rotatable bonds is 3. The van der Waals surface area contributed by atoms with Gasteiger partial charge < -0.3 is 0 Å². The second-order valence-electron chi connectivity index (χ2n) is 13.5. The van der Waals surface area contributed by atoms with Gasteiger partial charge in [-0.3, -0.25) is 0 Å². The Kier molecular flexibility index (Phi) is 6.28. The number of hydrogen-bond acceptors (Lipinski definition) is 2. The van der Waals surface area contributed by atoms with Crippen molar-refractivity contribution in [2.45, 2.75) is 16.1 Å². The predicted molar refractivity (Wildman–Crippen MR) is 219 cm³/mol. The summed E-state index contributed by atoms with van der Waals surface area (Å²) in [7, 11) is 0. The molecule has 0 N–H and O–H groups in total. The van der Waals surface area contributed by atoms with E-state index in [1.54, 1.807) is 0 Å². The van der Waals surface area contributed by atoms with E-state index in [0.717, 1.165) is 0 Å². The maximum absolute atomic E-state index is 2.48. The average Bonchev–Trinajstić information content (AvgIpc) is 3.76. The topological polar surface area (TPSA) is 0 Å². The first-order valence-electron chi connectivity index (χ1n) is 17.3. The summed E-state index contributed by atoms with van der Waals surface area (Å²) in [5, 5.41) is 10.9. The zero-order chi connectivity index (χ0) is 32.8. The van der Waals surface area contributed by atoms with E-state index in [-0.39, 0.29) is 5.92 Å². The summed E-state index contributed by atoms with van der Waals surface area (Å²) in [4.78, 5) is 1.39. The van der Waals surface area contributed by atoms with Gasteiger partial charge in [-0.2, -0.15) is 0 Å². The molecular formula is C48H30S2. The van der Waals surface area contributed by atoms with Crippen LogP contribution in [0.15, 0.2) is 175 Å². The van der Waals surface area contributed by atoms with Crippen LogP contribution in [0, 0.1) is 0 Å². The Morgan fingerprint density at radius 1 is 0.440 bits per heavy atom. The van der Waals surface area contributed by atoms with Gasteiger partial charge in [0.05, 0.1) is 0 Å². The molecule has 11 rings (SSSR count). The molecule has 234 valence electrons. The van der Waals surface area contributed by atoms with Crippen LogP contribution in [0.2, 0.25) is 0 Å². The van der Waals surface area contributed by atoms with Gasteiger partial charge in [-0.25, -0.2) is 0 Å². The lowest BCUT2D eigenvalue weighted by Crippen LogP contribution is -2.14. The van der Waals surface area contributed by atoms with Crippen molar-refractivity contribution in [3.63, 3.8) is 0 Å². The van der Waals surface area contributed by atoms with Crippen molar-refractivity contribution < 1.29 is 0 Å². The maximum atomic E-state index is 2.48. The van der Waals surface area contributed by atoms with Gasteiger partial charge in [-0.1, -0.05) is 146 Å². The number of thioether (sulfide) groups is 1.